The van der Waals surface area contributed by atoms with Gasteiger partial charge >= 0.3 is 11.9 Å². The highest BCUT2D eigenvalue weighted by Gasteiger charge is 2.19. The van der Waals surface area contributed by atoms with Crippen LogP contribution in [0.3, 0.4) is 0 Å². The first-order valence-corrected chi connectivity index (χ1v) is 7.89. The molecular formula is C18H22O6. The molecule has 0 saturated heterocycles. The molecule has 0 radical (unpaired) electrons. The summed E-state index contributed by atoms with van der Waals surface area (Å²) in [5.41, 5.74) is 0.729. The number of carbonyl (C=O) groups is 2. The van der Waals surface area contributed by atoms with E-state index < -0.39 is 18.4 Å². The monoisotopic (exact) mass is 334 g/mol. The summed E-state index contributed by atoms with van der Waals surface area (Å²) >= 11 is 0. The molecule has 1 saturated carbocycles. The average Bonchev–Trinajstić information content (AvgIpc) is 3.06. The molecule has 130 valence electrons. The Morgan fingerprint density at radius 3 is 2.50 bits per heavy atom. The predicted octanol–water partition coefficient (Wildman–Crippen LogP) is 3.05. The molecule has 1 aliphatic carbocycles. The maximum absolute atomic E-state index is 11.7. The first kappa shape index (κ1) is 17.8. The molecule has 1 aromatic rings. The minimum atomic E-state index is -1.09. The molecule has 6 heteroatoms. The number of ether oxygens (including phenoxy) is 3. The van der Waals surface area contributed by atoms with Crippen molar-refractivity contribution in [1.82, 2.24) is 0 Å². The van der Waals surface area contributed by atoms with Crippen LogP contribution in [0.4, 0.5) is 0 Å². The number of benzene rings is 1. The van der Waals surface area contributed by atoms with Crippen molar-refractivity contribution in [3.05, 3.63) is 29.3 Å². The third-order valence-corrected chi connectivity index (χ3v) is 3.91. The van der Waals surface area contributed by atoms with Gasteiger partial charge in [0.05, 0.1) is 26.7 Å². The second kappa shape index (κ2) is 8.38. The van der Waals surface area contributed by atoms with Crippen LogP contribution in [-0.4, -0.2) is 37.4 Å². The SMILES string of the molecule is COC(=O)/C(=C\c1ccc(OC)c(OC2CCCC2)c1)CC(=O)O. The Labute approximate surface area is 141 Å². The fourth-order valence-corrected chi connectivity index (χ4v) is 2.74. The molecule has 1 aliphatic rings. The second-order valence-electron chi connectivity index (χ2n) is 5.67. The molecule has 1 aromatic carbocycles. The zero-order valence-corrected chi connectivity index (χ0v) is 13.9. The molecule has 24 heavy (non-hydrogen) atoms. The van der Waals surface area contributed by atoms with Crippen LogP contribution in [0.2, 0.25) is 0 Å². The Hall–Kier alpha value is -2.50. The fourth-order valence-electron chi connectivity index (χ4n) is 2.74. The zero-order valence-electron chi connectivity index (χ0n) is 13.9. The van der Waals surface area contributed by atoms with Gasteiger partial charge in [0, 0.05) is 5.57 Å². The minimum absolute atomic E-state index is 0.0713. The van der Waals surface area contributed by atoms with E-state index in [9.17, 15) is 9.59 Å². The van der Waals surface area contributed by atoms with Gasteiger partial charge in [0.15, 0.2) is 11.5 Å². The van der Waals surface area contributed by atoms with Gasteiger partial charge < -0.3 is 19.3 Å². The van der Waals surface area contributed by atoms with Crippen molar-refractivity contribution < 1.29 is 28.9 Å². The third-order valence-electron chi connectivity index (χ3n) is 3.91. The van der Waals surface area contributed by atoms with Gasteiger partial charge in [-0.2, -0.15) is 0 Å². The normalized spacial score (nSPS) is 15.2. The van der Waals surface area contributed by atoms with Gasteiger partial charge in [-0.1, -0.05) is 6.07 Å². The van der Waals surface area contributed by atoms with Crippen LogP contribution >= 0.6 is 0 Å². The van der Waals surface area contributed by atoms with Gasteiger partial charge in [-0.15, -0.1) is 0 Å². The van der Waals surface area contributed by atoms with Gasteiger partial charge in [-0.25, -0.2) is 4.79 Å². The molecule has 1 N–H and O–H groups in total. The van der Waals surface area contributed by atoms with Crippen LogP contribution in [0.5, 0.6) is 11.5 Å². The number of hydrogen-bond donors (Lipinski definition) is 1. The average molecular weight is 334 g/mol. The zero-order chi connectivity index (χ0) is 17.5. The summed E-state index contributed by atoms with van der Waals surface area (Å²) in [6, 6.07) is 5.23. The van der Waals surface area contributed by atoms with Crippen molar-refractivity contribution in [2.24, 2.45) is 0 Å². The number of aliphatic carboxylic acids is 1. The van der Waals surface area contributed by atoms with E-state index in [2.05, 4.69) is 4.74 Å². The molecule has 0 aromatic heterocycles. The second-order valence-corrected chi connectivity index (χ2v) is 5.67. The number of carboxylic acids is 1. The Balaban J connectivity index is 2.29. The van der Waals surface area contributed by atoms with E-state index in [1.165, 1.54) is 13.2 Å². The highest BCUT2D eigenvalue weighted by atomic mass is 16.5. The van der Waals surface area contributed by atoms with Gasteiger partial charge in [0.25, 0.3) is 0 Å². The summed E-state index contributed by atoms with van der Waals surface area (Å²) in [7, 11) is 2.79. The van der Waals surface area contributed by atoms with Gasteiger partial charge in [0.1, 0.15) is 0 Å². The number of methoxy groups -OCH3 is 2. The molecule has 2 rings (SSSR count). The molecule has 0 bridgehead atoms. The number of carboxylic acid groups (broad SMARTS) is 1. The third kappa shape index (κ3) is 4.75. The van der Waals surface area contributed by atoms with E-state index in [4.69, 9.17) is 14.6 Å². The number of carbonyl (C=O) groups excluding carboxylic acids is 1. The summed E-state index contributed by atoms with van der Waals surface area (Å²) < 4.78 is 16.0. The summed E-state index contributed by atoms with van der Waals surface area (Å²) in [5.74, 6) is -0.552. The van der Waals surface area contributed by atoms with E-state index in [1.54, 1.807) is 25.3 Å². The van der Waals surface area contributed by atoms with Crippen LogP contribution in [0.25, 0.3) is 6.08 Å². The van der Waals surface area contributed by atoms with E-state index >= 15 is 0 Å². The first-order chi connectivity index (χ1) is 11.5. The van der Waals surface area contributed by atoms with Crippen LogP contribution < -0.4 is 9.47 Å². The molecule has 0 atom stereocenters. The Kier molecular flexibility index (Phi) is 6.23. The van der Waals surface area contributed by atoms with Crippen molar-refractivity contribution in [1.29, 1.82) is 0 Å². The molecular weight excluding hydrogens is 312 g/mol. The summed E-state index contributed by atoms with van der Waals surface area (Å²) in [4.78, 5) is 22.7. The number of hydrogen-bond acceptors (Lipinski definition) is 5. The largest absolute Gasteiger partial charge is 0.493 e. The summed E-state index contributed by atoms with van der Waals surface area (Å²) in [5, 5.41) is 8.94. The molecule has 0 unspecified atom stereocenters. The smallest absolute Gasteiger partial charge is 0.334 e. The summed E-state index contributed by atoms with van der Waals surface area (Å²) in [6.07, 6.45) is 5.58. The number of esters is 1. The van der Waals surface area contributed by atoms with E-state index in [0.717, 1.165) is 25.7 Å². The number of rotatable bonds is 7. The van der Waals surface area contributed by atoms with Gasteiger partial charge in [-0.3, -0.25) is 4.79 Å². The Bertz CT molecular complexity index is 628. The maximum atomic E-state index is 11.7. The van der Waals surface area contributed by atoms with Crippen molar-refractivity contribution in [3.8, 4) is 11.5 Å². The van der Waals surface area contributed by atoms with Crippen LogP contribution in [-0.2, 0) is 14.3 Å². The van der Waals surface area contributed by atoms with E-state index in [-0.39, 0.29) is 11.7 Å². The molecule has 0 amide bonds. The van der Waals surface area contributed by atoms with E-state index in [1.807, 2.05) is 0 Å². The van der Waals surface area contributed by atoms with Crippen molar-refractivity contribution in [3.63, 3.8) is 0 Å². The topological polar surface area (TPSA) is 82.1 Å². The maximum Gasteiger partial charge on any atom is 0.334 e. The Morgan fingerprint density at radius 2 is 1.92 bits per heavy atom. The highest BCUT2D eigenvalue weighted by molar-refractivity contribution is 5.97. The molecule has 1 fully saturated rings. The predicted molar refractivity (Wildman–Crippen MR) is 88.1 cm³/mol. The van der Waals surface area contributed by atoms with Crippen molar-refractivity contribution >= 4 is 18.0 Å². The Morgan fingerprint density at radius 1 is 1.21 bits per heavy atom. The van der Waals surface area contributed by atoms with Crippen molar-refractivity contribution in [2.45, 2.75) is 38.2 Å². The lowest BCUT2D eigenvalue weighted by Crippen LogP contribution is -2.12. The van der Waals surface area contributed by atoms with Crippen molar-refractivity contribution in [2.75, 3.05) is 14.2 Å². The highest BCUT2D eigenvalue weighted by Crippen LogP contribution is 2.33. The fraction of sp³-hybridized carbons (Fsp3) is 0.444. The lowest BCUT2D eigenvalue weighted by molar-refractivity contribution is -0.141. The molecule has 6 nitrogen and oxygen atoms in total. The molecule has 0 aliphatic heterocycles. The van der Waals surface area contributed by atoms with Crippen LogP contribution in [0.1, 0.15) is 37.7 Å². The molecule has 0 heterocycles. The summed E-state index contributed by atoms with van der Waals surface area (Å²) in [6.45, 7) is 0. The molecule has 0 spiro atoms. The lowest BCUT2D eigenvalue weighted by Gasteiger charge is -2.16. The van der Waals surface area contributed by atoms with E-state index in [0.29, 0.717) is 17.1 Å². The first-order valence-electron chi connectivity index (χ1n) is 7.89. The lowest BCUT2D eigenvalue weighted by atomic mass is 10.1. The standard InChI is InChI=1S/C18H22O6/c1-22-15-8-7-12(9-13(11-17(19)20)18(21)23-2)10-16(15)24-14-5-3-4-6-14/h7-10,14H,3-6,11H2,1-2H3,(H,19,20)/b13-9-. The van der Waals surface area contributed by atoms with Gasteiger partial charge in [0.2, 0.25) is 0 Å². The quantitative estimate of drug-likeness (QED) is 0.609. The van der Waals surface area contributed by atoms with Crippen LogP contribution in [0.15, 0.2) is 23.8 Å². The minimum Gasteiger partial charge on any atom is -0.493 e. The van der Waals surface area contributed by atoms with Crippen LogP contribution in [0, 0.1) is 0 Å². The van der Waals surface area contributed by atoms with Gasteiger partial charge in [-0.05, 0) is 49.5 Å².